The van der Waals surface area contributed by atoms with Crippen LogP contribution in [0.4, 0.5) is 0 Å². The molecule has 1 nitrogen and oxygen atoms in total. The Hall–Kier alpha value is -0.820. The molecule has 2 aliphatic rings. The predicted octanol–water partition coefficient (Wildman–Crippen LogP) is 1.82. The minimum Gasteiger partial charge on any atom is -0.325 e. The highest BCUT2D eigenvalue weighted by Crippen LogP contribution is 2.52. The van der Waals surface area contributed by atoms with Crippen LogP contribution in [0, 0.1) is 0 Å². The van der Waals surface area contributed by atoms with E-state index in [1.807, 2.05) is 0 Å². The van der Waals surface area contributed by atoms with Gasteiger partial charge in [-0.25, -0.2) is 0 Å². The van der Waals surface area contributed by atoms with Crippen molar-refractivity contribution in [2.45, 2.75) is 30.7 Å². The molecule has 0 amide bonds. The predicted molar refractivity (Wildman–Crippen MR) is 49.0 cm³/mol. The number of nitrogens with two attached hydrogens (primary N) is 1. The lowest BCUT2D eigenvalue weighted by atomic mass is 9.72. The molecule has 0 aromatic heterocycles. The van der Waals surface area contributed by atoms with Crippen molar-refractivity contribution < 1.29 is 0 Å². The number of hydrogen-bond donors (Lipinski definition) is 1. The van der Waals surface area contributed by atoms with Gasteiger partial charge in [-0.1, -0.05) is 24.3 Å². The molecular formula is C11H13N. The number of benzene rings is 1. The van der Waals surface area contributed by atoms with Crippen LogP contribution in [0.5, 0.6) is 0 Å². The minimum absolute atomic E-state index is 0.189. The molecule has 2 aliphatic carbocycles. The van der Waals surface area contributed by atoms with E-state index in [1.165, 1.54) is 30.4 Å². The fraction of sp³-hybridized carbons (Fsp3) is 0.455. The van der Waals surface area contributed by atoms with Crippen molar-refractivity contribution in [3.8, 4) is 0 Å². The Bertz CT molecular complexity index is 326. The Balaban J connectivity index is 1.98. The second-order valence-corrected chi connectivity index (χ2v) is 4.19. The molecule has 0 radical (unpaired) electrons. The Morgan fingerprint density at radius 2 is 2.00 bits per heavy atom. The van der Waals surface area contributed by atoms with Crippen LogP contribution in [-0.2, 0) is 6.42 Å². The van der Waals surface area contributed by atoms with E-state index in [0.29, 0.717) is 5.92 Å². The van der Waals surface area contributed by atoms with Crippen LogP contribution in [0.15, 0.2) is 24.3 Å². The highest BCUT2D eigenvalue weighted by Gasteiger charge is 2.50. The maximum Gasteiger partial charge on any atom is 0.0228 e. The second-order valence-electron chi connectivity index (χ2n) is 4.19. The first-order valence-electron chi connectivity index (χ1n) is 4.66. The van der Waals surface area contributed by atoms with Crippen LogP contribution in [0.25, 0.3) is 0 Å². The van der Waals surface area contributed by atoms with Crippen LogP contribution < -0.4 is 5.73 Å². The van der Waals surface area contributed by atoms with E-state index in [-0.39, 0.29) is 5.54 Å². The monoisotopic (exact) mass is 159 g/mol. The van der Waals surface area contributed by atoms with Crippen molar-refractivity contribution in [2.75, 3.05) is 0 Å². The van der Waals surface area contributed by atoms with E-state index >= 15 is 0 Å². The summed E-state index contributed by atoms with van der Waals surface area (Å²) in [4.78, 5) is 0. The third-order valence-corrected chi connectivity index (χ3v) is 3.38. The molecule has 1 aromatic rings. The van der Waals surface area contributed by atoms with E-state index < -0.39 is 0 Å². The fourth-order valence-electron chi connectivity index (χ4n) is 2.26. The number of fused-ring (bicyclic) bond motifs is 1. The molecule has 1 saturated carbocycles. The number of rotatable bonds is 1. The maximum absolute atomic E-state index is 6.17. The van der Waals surface area contributed by atoms with Crippen LogP contribution in [-0.4, -0.2) is 5.54 Å². The first kappa shape index (κ1) is 6.67. The average molecular weight is 159 g/mol. The molecule has 1 unspecified atom stereocenters. The molecule has 3 rings (SSSR count). The van der Waals surface area contributed by atoms with Crippen molar-refractivity contribution in [1.29, 1.82) is 0 Å². The molecule has 0 saturated heterocycles. The summed E-state index contributed by atoms with van der Waals surface area (Å²) in [7, 11) is 0. The molecule has 0 spiro atoms. The Kier molecular flexibility index (Phi) is 1.06. The standard InChI is InChI=1S/C11H13N/c12-11(5-6-11)10-7-8-3-1-2-4-9(8)10/h1-4,10H,5-7,12H2. The van der Waals surface area contributed by atoms with Gasteiger partial charge in [0.25, 0.3) is 0 Å². The molecule has 0 aliphatic heterocycles. The molecule has 0 heterocycles. The molecule has 2 N–H and O–H groups in total. The summed E-state index contributed by atoms with van der Waals surface area (Å²) in [5.41, 5.74) is 9.38. The fourth-order valence-corrected chi connectivity index (χ4v) is 2.26. The molecule has 1 heteroatoms. The van der Waals surface area contributed by atoms with Crippen LogP contribution in [0.1, 0.15) is 29.9 Å². The van der Waals surface area contributed by atoms with Gasteiger partial charge in [-0.05, 0) is 30.4 Å². The lowest BCUT2D eigenvalue weighted by molar-refractivity contribution is 0.469. The normalized spacial score (nSPS) is 28.9. The van der Waals surface area contributed by atoms with Gasteiger partial charge < -0.3 is 5.73 Å². The third kappa shape index (κ3) is 0.721. The van der Waals surface area contributed by atoms with E-state index in [4.69, 9.17) is 5.73 Å². The summed E-state index contributed by atoms with van der Waals surface area (Å²) in [6.07, 6.45) is 3.67. The van der Waals surface area contributed by atoms with Gasteiger partial charge in [0, 0.05) is 11.5 Å². The highest BCUT2D eigenvalue weighted by atomic mass is 14.8. The highest BCUT2D eigenvalue weighted by molar-refractivity contribution is 5.44. The molecule has 0 bridgehead atoms. The van der Waals surface area contributed by atoms with Crippen molar-refractivity contribution in [1.82, 2.24) is 0 Å². The summed E-state index contributed by atoms with van der Waals surface area (Å²) in [5, 5.41) is 0. The minimum atomic E-state index is 0.189. The molecule has 12 heavy (non-hydrogen) atoms. The zero-order valence-corrected chi connectivity index (χ0v) is 7.09. The van der Waals surface area contributed by atoms with Crippen molar-refractivity contribution in [3.05, 3.63) is 35.4 Å². The summed E-state index contributed by atoms with van der Waals surface area (Å²) in [6.45, 7) is 0. The van der Waals surface area contributed by atoms with Gasteiger partial charge in [0.05, 0.1) is 0 Å². The van der Waals surface area contributed by atoms with Gasteiger partial charge in [0.1, 0.15) is 0 Å². The molecule has 1 fully saturated rings. The Labute approximate surface area is 72.6 Å². The molecular weight excluding hydrogens is 146 g/mol. The van der Waals surface area contributed by atoms with Crippen molar-refractivity contribution in [2.24, 2.45) is 5.73 Å². The summed E-state index contributed by atoms with van der Waals surface area (Å²) in [5.74, 6) is 0.675. The topological polar surface area (TPSA) is 26.0 Å². The Morgan fingerprint density at radius 1 is 1.25 bits per heavy atom. The Morgan fingerprint density at radius 3 is 2.67 bits per heavy atom. The van der Waals surface area contributed by atoms with E-state index in [0.717, 1.165) is 0 Å². The summed E-state index contributed by atoms with van der Waals surface area (Å²) >= 11 is 0. The van der Waals surface area contributed by atoms with Gasteiger partial charge in [-0.15, -0.1) is 0 Å². The van der Waals surface area contributed by atoms with E-state index in [9.17, 15) is 0 Å². The number of hydrogen-bond acceptors (Lipinski definition) is 1. The summed E-state index contributed by atoms with van der Waals surface area (Å²) in [6, 6.07) is 8.69. The van der Waals surface area contributed by atoms with Crippen molar-refractivity contribution >= 4 is 0 Å². The third-order valence-electron chi connectivity index (χ3n) is 3.38. The zero-order chi connectivity index (χ0) is 8.18. The maximum atomic E-state index is 6.17. The van der Waals surface area contributed by atoms with Crippen molar-refractivity contribution in [3.63, 3.8) is 0 Å². The van der Waals surface area contributed by atoms with Gasteiger partial charge in [-0.3, -0.25) is 0 Å². The van der Waals surface area contributed by atoms with Crippen LogP contribution in [0.3, 0.4) is 0 Å². The van der Waals surface area contributed by atoms with E-state index in [2.05, 4.69) is 24.3 Å². The van der Waals surface area contributed by atoms with E-state index in [1.54, 1.807) is 0 Å². The summed E-state index contributed by atoms with van der Waals surface area (Å²) < 4.78 is 0. The average Bonchev–Trinajstić information content (AvgIpc) is 2.72. The SMILES string of the molecule is NC1(C2Cc3ccccc32)CC1. The van der Waals surface area contributed by atoms with Gasteiger partial charge >= 0.3 is 0 Å². The lowest BCUT2D eigenvalue weighted by Crippen LogP contribution is -2.37. The molecule has 1 atom stereocenters. The second kappa shape index (κ2) is 1.91. The van der Waals surface area contributed by atoms with Gasteiger partial charge in [0.15, 0.2) is 0 Å². The first-order chi connectivity index (χ1) is 5.80. The lowest BCUT2D eigenvalue weighted by Gasteiger charge is -2.34. The zero-order valence-electron chi connectivity index (χ0n) is 7.09. The van der Waals surface area contributed by atoms with Crippen LogP contribution in [0.2, 0.25) is 0 Å². The smallest absolute Gasteiger partial charge is 0.0228 e. The quantitative estimate of drug-likeness (QED) is 0.664. The molecule has 62 valence electrons. The molecule has 1 aromatic carbocycles. The van der Waals surface area contributed by atoms with Gasteiger partial charge in [0.2, 0.25) is 0 Å². The van der Waals surface area contributed by atoms with Crippen LogP contribution >= 0.6 is 0 Å². The van der Waals surface area contributed by atoms with Gasteiger partial charge in [-0.2, -0.15) is 0 Å². The largest absolute Gasteiger partial charge is 0.325 e. The first-order valence-corrected chi connectivity index (χ1v) is 4.66.